The zero-order chi connectivity index (χ0) is 12.8. The number of ketones is 1. The Morgan fingerprint density at radius 2 is 2.24 bits per heavy atom. The van der Waals surface area contributed by atoms with Gasteiger partial charge in [0.2, 0.25) is 0 Å². The van der Waals surface area contributed by atoms with Crippen LogP contribution in [0.15, 0.2) is 23.8 Å². The Bertz CT molecular complexity index is 394. The first-order valence-corrected chi connectivity index (χ1v) is 6.44. The summed E-state index contributed by atoms with van der Waals surface area (Å²) in [5.74, 6) is 0.449. The lowest BCUT2D eigenvalue weighted by atomic mass is 9.63. The quantitative estimate of drug-likeness (QED) is 0.708. The van der Waals surface area contributed by atoms with Gasteiger partial charge < -0.3 is 5.11 Å². The molecule has 1 spiro atoms. The number of hydrogen-bond acceptors (Lipinski definition) is 2. The van der Waals surface area contributed by atoms with Crippen molar-refractivity contribution in [2.75, 3.05) is 0 Å². The molecule has 0 aromatic carbocycles. The molecule has 0 aromatic heterocycles. The molecule has 0 aliphatic heterocycles. The molecule has 0 unspecified atom stereocenters. The van der Waals surface area contributed by atoms with Crippen LogP contribution in [0.2, 0.25) is 0 Å². The van der Waals surface area contributed by atoms with Crippen molar-refractivity contribution in [1.82, 2.24) is 0 Å². The fourth-order valence-corrected chi connectivity index (χ4v) is 3.62. The number of hydrogen-bond donors (Lipinski definition) is 1. The van der Waals surface area contributed by atoms with Crippen molar-refractivity contribution in [3.63, 3.8) is 0 Å². The Balaban J connectivity index is 2.34. The smallest absolute Gasteiger partial charge is 0.184 e. The summed E-state index contributed by atoms with van der Waals surface area (Å²) < 4.78 is 0. The maximum absolute atomic E-state index is 11.6. The number of aliphatic hydroxyl groups is 1. The van der Waals surface area contributed by atoms with Gasteiger partial charge in [0.1, 0.15) is 6.10 Å². The topological polar surface area (TPSA) is 37.3 Å². The van der Waals surface area contributed by atoms with Crippen LogP contribution in [0.1, 0.15) is 40.0 Å². The van der Waals surface area contributed by atoms with E-state index in [1.807, 2.05) is 13.8 Å². The summed E-state index contributed by atoms with van der Waals surface area (Å²) in [6, 6.07) is 0. The molecule has 2 nitrogen and oxygen atoms in total. The van der Waals surface area contributed by atoms with Gasteiger partial charge in [-0.3, -0.25) is 4.79 Å². The molecule has 1 N–H and O–H groups in total. The van der Waals surface area contributed by atoms with E-state index < -0.39 is 6.10 Å². The van der Waals surface area contributed by atoms with Crippen molar-refractivity contribution >= 4 is 5.78 Å². The second-order valence-electron chi connectivity index (χ2n) is 5.91. The molecule has 0 heterocycles. The van der Waals surface area contributed by atoms with Gasteiger partial charge >= 0.3 is 0 Å². The molecule has 17 heavy (non-hydrogen) atoms. The lowest BCUT2D eigenvalue weighted by Crippen LogP contribution is -2.43. The maximum Gasteiger partial charge on any atom is 0.184 e. The fraction of sp³-hybridized carbons (Fsp3) is 0.667. The SMILES string of the molecule is C=C(C)[C@H]1CC[C@]2(C1)C(C)=CC(=O)[C@@H](O)[C@@H]2C. The van der Waals surface area contributed by atoms with Gasteiger partial charge in [-0.15, -0.1) is 0 Å². The number of rotatable bonds is 1. The number of aliphatic hydroxyl groups excluding tert-OH is 1. The molecule has 0 radical (unpaired) electrons. The third-order valence-electron chi connectivity index (χ3n) is 5.03. The van der Waals surface area contributed by atoms with Crippen LogP contribution in [-0.4, -0.2) is 17.0 Å². The highest BCUT2D eigenvalue weighted by Gasteiger charge is 2.50. The van der Waals surface area contributed by atoms with Gasteiger partial charge in [-0.2, -0.15) is 0 Å². The van der Waals surface area contributed by atoms with Crippen LogP contribution >= 0.6 is 0 Å². The minimum Gasteiger partial charge on any atom is -0.385 e. The van der Waals surface area contributed by atoms with Crippen LogP contribution < -0.4 is 0 Å². The minimum absolute atomic E-state index is 0.0247. The van der Waals surface area contributed by atoms with E-state index in [4.69, 9.17) is 0 Å². The molecular formula is C15H22O2. The molecule has 2 aliphatic carbocycles. The van der Waals surface area contributed by atoms with Gasteiger partial charge in [-0.05, 0) is 56.4 Å². The lowest BCUT2D eigenvalue weighted by molar-refractivity contribution is -0.128. The summed E-state index contributed by atoms with van der Waals surface area (Å²) in [5, 5.41) is 10.00. The molecule has 0 amide bonds. The molecular weight excluding hydrogens is 212 g/mol. The van der Waals surface area contributed by atoms with Crippen LogP contribution in [0.5, 0.6) is 0 Å². The molecule has 1 fully saturated rings. The number of carbonyl (C=O) groups is 1. The highest BCUT2D eigenvalue weighted by molar-refractivity contribution is 5.95. The maximum atomic E-state index is 11.6. The van der Waals surface area contributed by atoms with Gasteiger partial charge in [0.25, 0.3) is 0 Å². The zero-order valence-corrected chi connectivity index (χ0v) is 11.0. The largest absolute Gasteiger partial charge is 0.385 e. The molecule has 2 rings (SSSR count). The van der Waals surface area contributed by atoms with Crippen molar-refractivity contribution in [3.8, 4) is 0 Å². The summed E-state index contributed by atoms with van der Waals surface area (Å²) in [6.07, 6.45) is 4.08. The second kappa shape index (κ2) is 4.09. The average molecular weight is 234 g/mol. The van der Waals surface area contributed by atoms with Gasteiger partial charge in [0.05, 0.1) is 0 Å². The Kier molecular flexibility index (Phi) is 3.03. The standard InChI is InChI=1S/C15H22O2/c1-9(2)12-5-6-15(8-12)10(3)7-13(16)14(17)11(15)4/h7,11-12,14,17H,1,5-6,8H2,2-4H3/t11-,12-,14-,15-/m0/s1. The van der Waals surface area contributed by atoms with Crippen molar-refractivity contribution in [2.24, 2.45) is 17.3 Å². The fourth-order valence-electron chi connectivity index (χ4n) is 3.62. The third-order valence-corrected chi connectivity index (χ3v) is 5.03. The van der Waals surface area contributed by atoms with Crippen LogP contribution in [0.25, 0.3) is 0 Å². The summed E-state index contributed by atoms with van der Waals surface area (Å²) in [4.78, 5) is 11.6. The van der Waals surface area contributed by atoms with Crippen LogP contribution in [0.3, 0.4) is 0 Å². The molecule has 0 bridgehead atoms. The van der Waals surface area contributed by atoms with Gasteiger partial charge in [0, 0.05) is 0 Å². The predicted molar refractivity (Wildman–Crippen MR) is 68.5 cm³/mol. The Morgan fingerprint density at radius 3 is 2.76 bits per heavy atom. The molecule has 0 aromatic rings. The van der Waals surface area contributed by atoms with Crippen molar-refractivity contribution < 1.29 is 9.90 Å². The molecule has 94 valence electrons. The second-order valence-corrected chi connectivity index (χ2v) is 5.91. The Morgan fingerprint density at radius 1 is 1.59 bits per heavy atom. The summed E-state index contributed by atoms with van der Waals surface area (Å²) in [5.41, 5.74) is 2.41. The van der Waals surface area contributed by atoms with E-state index in [1.165, 1.54) is 5.57 Å². The van der Waals surface area contributed by atoms with E-state index in [1.54, 1.807) is 6.08 Å². The molecule has 2 aliphatic rings. The number of carbonyl (C=O) groups excluding carboxylic acids is 1. The zero-order valence-electron chi connectivity index (χ0n) is 11.0. The Labute approximate surface area is 103 Å². The monoisotopic (exact) mass is 234 g/mol. The summed E-state index contributed by atoms with van der Waals surface area (Å²) in [6.45, 7) is 10.2. The van der Waals surface area contributed by atoms with Gasteiger partial charge in [0.15, 0.2) is 5.78 Å². The average Bonchev–Trinajstić information content (AvgIpc) is 2.71. The molecule has 1 saturated carbocycles. The first-order chi connectivity index (χ1) is 7.88. The summed E-state index contributed by atoms with van der Waals surface area (Å²) in [7, 11) is 0. The highest BCUT2D eigenvalue weighted by atomic mass is 16.3. The first-order valence-electron chi connectivity index (χ1n) is 6.44. The van der Waals surface area contributed by atoms with Crippen LogP contribution in [0.4, 0.5) is 0 Å². The van der Waals surface area contributed by atoms with Gasteiger partial charge in [-0.25, -0.2) is 0 Å². The van der Waals surface area contributed by atoms with E-state index in [-0.39, 0.29) is 17.1 Å². The highest BCUT2D eigenvalue weighted by Crippen LogP contribution is 2.55. The van der Waals surface area contributed by atoms with E-state index >= 15 is 0 Å². The van der Waals surface area contributed by atoms with E-state index in [0.29, 0.717) is 5.92 Å². The third kappa shape index (κ3) is 1.79. The normalized spacial score (nSPS) is 41.8. The number of allylic oxidation sites excluding steroid dienone is 2. The van der Waals surface area contributed by atoms with E-state index in [0.717, 1.165) is 24.8 Å². The lowest BCUT2D eigenvalue weighted by Gasteiger charge is -2.42. The van der Waals surface area contributed by atoms with Crippen LogP contribution in [-0.2, 0) is 4.79 Å². The minimum atomic E-state index is -0.817. The van der Waals surface area contributed by atoms with Crippen molar-refractivity contribution in [1.29, 1.82) is 0 Å². The van der Waals surface area contributed by atoms with Crippen molar-refractivity contribution in [2.45, 2.75) is 46.1 Å². The van der Waals surface area contributed by atoms with E-state index in [9.17, 15) is 9.90 Å². The summed E-state index contributed by atoms with van der Waals surface area (Å²) >= 11 is 0. The van der Waals surface area contributed by atoms with Gasteiger partial charge in [-0.1, -0.05) is 24.6 Å². The van der Waals surface area contributed by atoms with Crippen molar-refractivity contribution in [3.05, 3.63) is 23.8 Å². The molecule has 4 atom stereocenters. The van der Waals surface area contributed by atoms with Crippen LogP contribution in [0, 0.1) is 17.3 Å². The predicted octanol–water partition coefficient (Wildman–Crippen LogP) is 2.88. The first kappa shape index (κ1) is 12.6. The Hall–Kier alpha value is -0.890. The molecule has 2 heteroatoms. The van der Waals surface area contributed by atoms with E-state index in [2.05, 4.69) is 13.5 Å². The molecule has 0 saturated heterocycles.